The van der Waals surface area contributed by atoms with Crippen molar-refractivity contribution in [2.24, 2.45) is 0 Å². The van der Waals surface area contributed by atoms with Gasteiger partial charge in [-0.15, -0.1) is 0 Å². The quantitative estimate of drug-likeness (QED) is 0.685. The molecule has 1 fully saturated rings. The summed E-state index contributed by atoms with van der Waals surface area (Å²) in [4.78, 5) is 12.2. The summed E-state index contributed by atoms with van der Waals surface area (Å²) >= 11 is 3.38. The average Bonchev–Trinajstić information content (AvgIpc) is 2.40. The zero-order valence-electron chi connectivity index (χ0n) is 11.4. The normalized spacial score (nSPS) is 18.9. The Morgan fingerprint density at radius 1 is 1.26 bits per heavy atom. The number of carbonyl (C=O) groups is 1. The summed E-state index contributed by atoms with van der Waals surface area (Å²) in [5, 5.41) is 3.32. The molecule has 19 heavy (non-hydrogen) atoms. The van der Waals surface area contributed by atoms with E-state index in [1.54, 1.807) is 0 Å². The number of alkyl halides is 1. The summed E-state index contributed by atoms with van der Waals surface area (Å²) in [6.45, 7) is 5.36. The van der Waals surface area contributed by atoms with Crippen LogP contribution < -0.4 is 5.32 Å². The van der Waals surface area contributed by atoms with Crippen molar-refractivity contribution >= 4 is 21.9 Å². The molecule has 0 aliphatic carbocycles. The Balaban J connectivity index is 2.28. The lowest BCUT2D eigenvalue weighted by Gasteiger charge is -2.39. The van der Waals surface area contributed by atoms with Crippen molar-refractivity contribution < 1.29 is 9.53 Å². The monoisotopic (exact) mass is 325 g/mol. The predicted octanol–water partition coefficient (Wildman–Crippen LogP) is 2.98. The molecule has 0 bridgehead atoms. The molecule has 3 nitrogen and oxygen atoms in total. The first-order valence-corrected chi connectivity index (χ1v) is 7.42. The van der Waals surface area contributed by atoms with Crippen molar-refractivity contribution in [3.63, 3.8) is 0 Å². The Morgan fingerprint density at radius 2 is 1.84 bits per heavy atom. The smallest absolute Gasteiger partial charge is 0.323 e. The standard InChI is InChI=1S/C15H20BrNO2/c1-14(2,16)13(18)19-15(8-10-17-11-9-15)12-6-4-3-5-7-12/h3-7,17H,8-11H2,1-2H3. The molecule has 0 saturated carbocycles. The first-order chi connectivity index (χ1) is 8.94. The van der Waals surface area contributed by atoms with Gasteiger partial charge in [0.05, 0.1) is 0 Å². The third-order valence-corrected chi connectivity index (χ3v) is 3.81. The minimum absolute atomic E-state index is 0.210. The predicted molar refractivity (Wildman–Crippen MR) is 79.3 cm³/mol. The second-order valence-corrected chi connectivity index (χ2v) is 7.45. The Bertz CT molecular complexity index is 433. The van der Waals surface area contributed by atoms with Crippen LogP contribution in [0.1, 0.15) is 32.3 Å². The van der Waals surface area contributed by atoms with Crippen LogP contribution in [0.25, 0.3) is 0 Å². The van der Waals surface area contributed by atoms with Gasteiger partial charge in [-0.2, -0.15) is 0 Å². The number of rotatable bonds is 3. The summed E-state index contributed by atoms with van der Waals surface area (Å²) in [5.41, 5.74) is 0.593. The number of benzene rings is 1. The Labute approximate surface area is 122 Å². The van der Waals surface area contributed by atoms with Crippen LogP contribution >= 0.6 is 15.9 Å². The lowest BCUT2D eigenvalue weighted by Crippen LogP contribution is -2.45. The van der Waals surface area contributed by atoms with E-state index in [0.717, 1.165) is 31.5 Å². The molecule has 0 amide bonds. The molecule has 1 aromatic carbocycles. The summed E-state index contributed by atoms with van der Waals surface area (Å²) in [6.07, 6.45) is 1.62. The molecule has 2 rings (SSSR count). The number of esters is 1. The van der Waals surface area contributed by atoms with Gasteiger partial charge in [0.2, 0.25) is 0 Å². The van der Waals surface area contributed by atoms with Crippen LogP contribution in [0, 0.1) is 0 Å². The molecule has 0 spiro atoms. The molecule has 0 unspecified atom stereocenters. The fraction of sp³-hybridized carbons (Fsp3) is 0.533. The number of halogens is 1. The highest BCUT2D eigenvalue weighted by molar-refractivity contribution is 9.10. The van der Waals surface area contributed by atoms with Crippen LogP contribution in [-0.4, -0.2) is 23.4 Å². The van der Waals surface area contributed by atoms with Crippen LogP contribution in [0.5, 0.6) is 0 Å². The van der Waals surface area contributed by atoms with E-state index in [0.29, 0.717) is 0 Å². The van der Waals surface area contributed by atoms with Crippen molar-refractivity contribution in [2.75, 3.05) is 13.1 Å². The summed E-state index contributed by atoms with van der Waals surface area (Å²) in [7, 11) is 0. The average molecular weight is 326 g/mol. The Hall–Kier alpha value is -0.870. The van der Waals surface area contributed by atoms with Gasteiger partial charge < -0.3 is 10.1 Å². The van der Waals surface area contributed by atoms with Crippen LogP contribution in [-0.2, 0) is 15.1 Å². The number of hydrogen-bond acceptors (Lipinski definition) is 3. The van der Waals surface area contributed by atoms with E-state index in [1.165, 1.54) is 0 Å². The van der Waals surface area contributed by atoms with Gasteiger partial charge in [0.15, 0.2) is 0 Å². The summed E-state index contributed by atoms with van der Waals surface area (Å²) < 4.78 is 5.25. The van der Waals surface area contributed by atoms with Gasteiger partial charge in [-0.3, -0.25) is 4.79 Å². The minimum atomic E-state index is -0.653. The molecule has 0 atom stereocenters. The second kappa shape index (κ2) is 5.63. The number of piperidine rings is 1. The van der Waals surface area contributed by atoms with Crippen LogP contribution in [0.2, 0.25) is 0 Å². The van der Waals surface area contributed by atoms with Crippen molar-refractivity contribution in [3.8, 4) is 0 Å². The van der Waals surface area contributed by atoms with Gasteiger partial charge in [0, 0.05) is 12.8 Å². The van der Waals surface area contributed by atoms with E-state index in [1.807, 2.05) is 44.2 Å². The highest BCUT2D eigenvalue weighted by Crippen LogP contribution is 2.36. The lowest BCUT2D eigenvalue weighted by atomic mass is 9.84. The first-order valence-electron chi connectivity index (χ1n) is 6.63. The van der Waals surface area contributed by atoms with E-state index < -0.39 is 9.93 Å². The maximum atomic E-state index is 12.2. The van der Waals surface area contributed by atoms with Gasteiger partial charge in [-0.25, -0.2) is 0 Å². The molecule has 104 valence electrons. The Kier molecular flexibility index (Phi) is 4.31. The maximum Gasteiger partial charge on any atom is 0.323 e. The highest BCUT2D eigenvalue weighted by atomic mass is 79.9. The van der Waals surface area contributed by atoms with Crippen molar-refractivity contribution in [1.82, 2.24) is 5.32 Å². The van der Waals surface area contributed by atoms with Crippen molar-refractivity contribution in [1.29, 1.82) is 0 Å². The highest BCUT2D eigenvalue weighted by Gasteiger charge is 2.40. The summed E-state index contributed by atoms with van der Waals surface area (Å²) in [6, 6.07) is 10.0. The molecule has 1 aliphatic rings. The molecule has 4 heteroatoms. The molecule has 1 aliphatic heterocycles. The van der Waals surface area contributed by atoms with Gasteiger partial charge in [-0.1, -0.05) is 46.3 Å². The van der Waals surface area contributed by atoms with Crippen LogP contribution in [0.4, 0.5) is 0 Å². The molecule has 0 aromatic heterocycles. The number of nitrogens with one attached hydrogen (secondary N) is 1. The first kappa shape index (κ1) is 14.5. The molecule has 0 radical (unpaired) electrons. The van der Waals surface area contributed by atoms with Gasteiger partial charge in [0.1, 0.15) is 9.93 Å². The fourth-order valence-corrected chi connectivity index (χ4v) is 2.40. The number of carbonyl (C=O) groups excluding carboxylic acids is 1. The van der Waals surface area contributed by atoms with E-state index in [4.69, 9.17) is 4.74 Å². The Morgan fingerprint density at radius 3 is 2.37 bits per heavy atom. The molecule has 1 aromatic rings. The zero-order valence-corrected chi connectivity index (χ0v) is 13.0. The van der Waals surface area contributed by atoms with Crippen LogP contribution in [0.15, 0.2) is 30.3 Å². The van der Waals surface area contributed by atoms with E-state index in [-0.39, 0.29) is 5.97 Å². The van der Waals surface area contributed by atoms with Crippen molar-refractivity contribution in [2.45, 2.75) is 36.6 Å². The number of ether oxygens (including phenoxy) is 1. The molecule has 1 N–H and O–H groups in total. The lowest BCUT2D eigenvalue weighted by molar-refractivity contribution is -0.166. The topological polar surface area (TPSA) is 38.3 Å². The number of hydrogen-bond donors (Lipinski definition) is 1. The third kappa shape index (κ3) is 3.37. The zero-order chi connectivity index (χ0) is 13.9. The third-order valence-electron chi connectivity index (χ3n) is 3.48. The molecule has 1 saturated heterocycles. The van der Waals surface area contributed by atoms with Gasteiger partial charge >= 0.3 is 5.97 Å². The van der Waals surface area contributed by atoms with Gasteiger partial charge in [0.25, 0.3) is 0 Å². The maximum absolute atomic E-state index is 12.2. The second-order valence-electron chi connectivity index (χ2n) is 5.47. The van der Waals surface area contributed by atoms with Crippen molar-refractivity contribution in [3.05, 3.63) is 35.9 Å². The fourth-order valence-electron chi connectivity index (χ4n) is 2.32. The van der Waals surface area contributed by atoms with E-state index in [2.05, 4.69) is 21.2 Å². The van der Waals surface area contributed by atoms with Gasteiger partial charge in [-0.05, 0) is 32.5 Å². The summed E-state index contributed by atoms with van der Waals surface area (Å²) in [5.74, 6) is -0.210. The van der Waals surface area contributed by atoms with E-state index in [9.17, 15) is 4.79 Å². The van der Waals surface area contributed by atoms with Crippen LogP contribution in [0.3, 0.4) is 0 Å². The molecular formula is C15H20BrNO2. The molecular weight excluding hydrogens is 306 g/mol. The largest absolute Gasteiger partial charge is 0.453 e. The minimum Gasteiger partial charge on any atom is -0.453 e. The molecule has 1 heterocycles. The van der Waals surface area contributed by atoms with E-state index >= 15 is 0 Å². The SMILES string of the molecule is CC(C)(Br)C(=O)OC1(c2ccccc2)CCNCC1.